The molecule has 0 atom stereocenters. The Morgan fingerprint density at radius 3 is 2.63 bits per heavy atom. The second kappa shape index (κ2) is 8.44. The molecule has 2 aromatic carbocycles. The number of hydrogen-bond donors (Lipinski definition) is 1. The van der Waals surface area contributed by atoms with Crippen LogP contribution in [0.5, 0.6) is 5.75 Å². The number of nitrogens with one attached hydrogen (secondary N) is 1. The number of nitrogens with zero attached hydrogens (tertiary/aromatic N) is 2. The van der Waals surface area contributed by atoms with E-state index in [0.717, 1.165) is 57.9 Å². The van der Waals surface area contributed by atoms with Crippen LogP contribution < -0.4 is 10.1 Å². The maximum absolute atomic E-state index is 12.4. The number of amides is 2. The van der Waals surface area contributed by atoms with Crippen LogP contribution >= 0.6 is 0 Å². The fourth-order valence-corrected chi connectivity index (χ4v) is 3.78. The Balaban J connectivity index is 1.20. The summed E-state index contributed by atoms with van der Waals surface area (Å²) >= 11 is 0. The fraction of sp³-hybridized carbons (Fsp3) is 0.409. The Morgan fingerprint density at radius 2 is 1.81 bits per heavy atom. The number of carbonyl (C=O) groups is 1. The number of carbonyl (C=O) groups excluding carboxylic acids is 1. The van der Waals surface area contributed by atoms with E-state index in [0.29, 0.717) is 6.54 Å². The second-order valence-electron chi connectivity index (χ2n) is 7.27. The van der Waals surface area contributed by atoms with Gasteiger partial charge in [0.05, 0.1) is 6.61 Å². The van der Waals surface area contributed by atoms with E-state index in [1.165, 1.54) is 16.7 Å². The smallest absolute Gasteiger partial charge is 0.317 e. The second-order valence-corrected chi connectivity index (χ2v) is 7.27. The Hall–Kier alpha value is -2.53. The lowest BCUT2D eigenvalue weighted by molar-refractivity contribution is 0.135. The van der Waals surface area contributed by atoms with Crippen molar-refractivity contribution in [3.8, 4) is 5.75 Å². The number of rotatable bonds is 5. The van der Waals surface area contributed by atoms with Crippen molar-refractivity contribution >= 4 is 6.03 Å². The van der Waals surface area contributed by atoms with Crippen LogP contribution in [0, 0.1) is 0 Å². The molecule has 2 aromatic rings. The molecule has 0 aromatic heterocycles. The molecule has 2 heterocycles. The maximum atomic E-state index is 12.4. The van der Waals surface area contributed by atoms with Crippen LogP contribution in [0.15, 0.2) is 48.5 Å². The van der Waals surface area contributed by atoms with E-state index in [2.05, 4.69) is 40.5 Å². The molecular weight excluding hydrogens is 338 g/mol. The van der Waals surface area contributed by atoms with Gasteiger partial charge >= 0.3 is 6.03 Å². The standard InChI is InChI=1S/C22H27N3O2/c26-22(23-10-8-18-4-2-1-3-5-18)25-13-11-24(12-14-25)17-19-6-7-21-20(16-19)9-15-27-21/h1-7,16H,8-15,17H2,(H,23,26). The van der Waals surface area contributed by atoms with Gasteiger partial charge < -0.3 is 15.0 Å². The Morgan fingerprint density at radius 1 is 1.00 bits per heavy atom. The molecule has 2 aliphatic rings. The Bertz CT molecular complexity index is 770. The van der Waals surface area contributed by atoms with Crippen LogP contribution in [0.25, 0.3) is 0 Å². The highest BCUT2D eigenvalue weighted by Gasteiger charge is 2.21. The molecule has 0 saturated carbocycles. The molecule has 2 aliphatic heterocycles. The van der Waals surface area contributed by atoms with Crippen LogP contribution in [0.1, 0.15) is 16.7 Å². The van der Waals surface area contributed by atoms with Gasteiger partial charge in [-0.25, -0.2) is 4.79 Å². The highest BCUT2D eigenvalue weighted by molar-refractivity contribution is 5.74. The Labute approximate surface area is 160 Å². The largest absolute Gasteiger partial charge is 0.493 e. The summed E-state index contributed by atoms with van der Waals surface area (Å²) in [6.45, 7) is 5.82. The van der Waals surface area contributed by atoms with Crippen molar-refractivity contribution < 1.29 is 9.53 Å². The van der Waals surface area contributed by atoms with Gasteiger partial charge in [0.1, 0.15) is 5.75 Å². The van der Waals surface area contributed by atoms with Gasteiger partial charge in [0.2, 0.25) is 0 Å². The third-order valence-corrected chi connectivity index (χ3v) is 5.35. The van der Waals surface area contributed by atoms with E-state index in [-0.39, 0.29) is 6.03 Å². The summed E-state index contributed by atoms with van der Waals surface area (Å²) in [5, 5.41) is 3.05. The first kappa shape index (κ1) is 17.9. The van der Waals surface area contributed by atoms with Gasteiger partial charge in [0, 0.05) is 45.7 Å². The summed E-state index contributed by atoms with van der Waals surface area (Å²) in [6, 6.07) is 16.8. The van der Waals surface area contributed by atoms with E-state index in [9.17, 15) is 4.79 Å². The number of piperazine rings is 1. The van der Waals surface area contributed by atoms with Gasteiger partial charge in [0.25, 0.3) is 0 Å². The zero-order chi connectivity index (χ0) is 18.5. The Kier molecular flexibility index (Phi) is 5.58. The molecule has 2 amide bonds. The van der Waals surface area contributed by atoms with Crippen LogP contribution in [-0.4, -0.2) is 55.2 Å². The summed E-state index contributed by atoms with van der Waals surface area (Å²) < 4.78 is 5.58. The molecule has 142 valence electrons. The lowest BCUT2D eigenvalue weighted by Crippen LogP contribution is -2.51. The first-order valence-corrected chi connectivity index (χ1v) is 9.81. The number of fused-ring (bicyclic) bond motifs is 1. The number of ether oxygens (including phenoxy) is 1. The van der Waals surface area contributed by atoms with E-state index in [1.807, 2.05) is 23.1 Å². The van der Waals surface area contributed by atoms with Crippen LogP contribution in [0.2, 0.25) is 0 Å². The van der Waals surface area contributed by atoms with Crippen molar-refractivity contribution in [2.75, 3.05) is 39.3 Å². The van der Waals surface area contributed by atoms with Gasteiger partial charge in [-0.3, -0.25) is 4.90 Å². The molecule has 0 spiro atoms. The highest BCUT2D eigenvalue weighted by Crippen LogP contribution is 2.26. The van der Waals surface area contributed by atoms with E-state index >= 15 is 0 Å². The van der Waals surface area contributed by atoms with Gasteiger partial charge in [-0.2, -0.15) is 0 Å². The van der Waals surface area contributed by atoms with Gasteiger partial charge in [-0.05, 0) is 29.2 Å². The van der Waals surface area contributed by atoms with Crippen molar-refractivity contribution in [1.82, 2.24) is 15.1 Å². The zero-order valence-electron chi connectivity index (χ0n) is 15.7. The summed E-state index contributed by atoms with van der Waals surface area (Å²) in [4.78, 5) is 16.7. The summed E-state index contributed by atoms with van der Waals surface area (Å²) in [5.74, 6) is 1.04. The zero-order valence-corrected chi connectivity index (χ0v) is 15.7. The van der Waals surface area contributed by atoms with Gasteiger partial charge in [0.15, 0.2) is 0 Å². The lowest BCUT2D eigenvalue weighted by atomic mass is 10.1. The fourth-order valence-electron chi connectivity index (χ4n) is 3.78. The molecule has 5 heteroatoms. The molecule has 1 fully saturated rings. The molecule has 0 aliphatic carbocycles. The van der Waals surface area contributed by atoms with E-state index < -0.39 is 0 Å². The number of urea groups is 1. The van der Waals surface area contributed by atoms with Crippen molar-refractivity contribution in [3.63, 3.8) is 0 Å². The molecule has 4 rings (SSSR count). The van der Waals surface area contributed by atoms with Gasteiger partial charge in [-0.15, -0.1) is 0 Å². The average Bonchev–Trinajstić information content (AvgIpc) is 3.17. The molecule has 0 bridgehead atoms. The number of hydrogen-bond acceptors (Lipinski definition) is 3. The summed E-state index contributed by atoms with van der Waals surface area (Å²) in [7, 11) is 0. The van der Waals surface area contributed by atoms with Crippen molar-refractivity contribution in [3.05, 3.63) is 65.2 Å². The first-order valence-electron chi connectivity index (χ1n) is 9.81. The third kappa shape index (κ3) is 4.61. The maximum Gasteiger partial charge on any atom is 0.317 e. The van der Waals surface area contributed by atoms with Crippen LogP contribution in [0.4, 0.5) is 4.79 Å². The predicted molar refractivity (Wildman–Crippen MR) is 106 cm³/mol. The van der Waals surface area contributed by atoms with Crippen molar-refractivity contribution in [2.45, 2.75) is 19.4 Å². The predicted octanol–water partition coefficient (Wildman–Crippen LogP) is 2.69. The van der Waals surface area contributed by atoms with Crippen LogP contribution in [-0.2, 0) is 19.4 Å². The van der Waals surface area contributed by atoms with Crippen LogP contribution in [0.3, 0.4) is 0 Å². The minimum Gasteiger partial charge on any atom is -0.493 e. The van der Waals surface area contributed by atoms with Crippen molar-refractivity contribution in [2.24, 2.45) is 0 Å². The molecule has 0 radical (unpaired) electrons. The molecule has 27 heavy (non-hydrogen) atoms. The van der Waals surface area contributed by atoms with Gasteiger partial charge in [-0.1, -0.05) is 42.5 Å². The first-order chi connectivity index (χ1) is 13.3. The monoisotopic (exact) mass is 365 g/mol. The minimum atomic E-state index is 0.0558. The van der Waals surface area contributed by atoms with Crippen molar-refractivity contribution in [1.29, 1.82) is 0 Å². The molecular formula is C22H27N3O2. The summed E-state index contributed by atoms with van der Waals surface area (Å²) in [5.41, 5.74) is 3.91. The number of benzene rings is 2. The van der Waals surface area contributed by atoms with E-state index in [4.69, 9.17) is 4.74 Å². The minimum absolute atomic E-state index is 0.0558. The normalized spacial score (nSPS) is 16.7. The SMILES string of the molecule is O=C(NCCc1ccccc1)N1CCN(Cc2ccc3c(c2)CCO3)CC1. The highest BCUT2D eigenvalue weighted by atomic mass is 16.5. The lowest BCUT2D eigenvalue weighted by Gasteiger charge is -2.34. The van der Waals surface area contributed by atoms with E-state index in [1.54, 1.807) is 0 Å². The topological polar surface area (TPSA) is 44.8 Å². The molecule has 0 unspecified atom stereocenters. The molecule has 1 N–H and O–H groups in total. The third-order valence-electron chi connectivity index (χ3n) is 5.35. The molecule has 1 saturated heterocycles. The quantitative estimate of drug-likeness (QED) is 0.886. The molecule has 5 nitrogen and oxygen atoms in total. The summed E-state index contributed by atoms with van der Waals surface area (Å²) in [6.07, 6.45) is 1.88. The average molecular weight is 365 g/mol.